The molecule has 0 amide bonds. The number of carbonyl (C=O) groups excluding carboxylic acids is 2. The van der Waals surface area contributed by atoms with Crippen LogP contribution in [0.3, 0.4) is 0 Å². The van der Waals surface area contributed by atoms with Crippen LogP contribution in [0.4, 0.5) is 0 Å². The van der Waals surface area contributed by atoms with Gasteiger partial charge in [0.1, 0.15) is 12.2 Å². The molecule has 0 saturated carbocycles. The monoisotopic (exact) mass is 548 g/mol. The van der Waals surface area contributed by atoms with Gasteiger partial charge in [0, 0.05) is 20.3 Å². The molecule has 0 N–H and O–H groups in total. The molecule has 0 spiro atoms. The Morgan fingerprint density at radius 2 is 0.872 bits per heavy atom. The Bertz CT molecular complexity index is 962. The molecular formula is C29H40O10. The van der Waals surface area contributed by atoms with Crippen molar-refractivity contribution in [2.45, 2.75) is 58.2 Å². The minimum Gasteiger partial charge on any atom is -0.493 e. The molecule has 0 fully saturated rings. The molecule has 216 valence electrons. The number of esters is 2. The third-order valence-corrected chi connectivity index (χ3v) is 6.15. The zero-order chi connectivity index (χ0) is 28.9. The smallest absolute Gasteiger partial charge is 0.302 e. The molecule has 10 heteroatoms. The molecule has 10 nitrogen and oxygen atoms in total. The van der Waals surface area contributed by atoms with E-state index in [0.717, 1.165) is 11.1 Å². The van der Waals surface area contributed by atoms with Crippen molar-refractivity contribution in [2.75, 3.05) is 42.7 Å². The van der Waals surface area contributed by atoms with Crippen LogP contribution in [0.2, 0.25) is 0 Å². The molecule has 0 aromatic heterocycles. The number of aryl methyl sites for hydroxylation is 2. The van der Waals surface area contributed by atoms with Crippen LogP contribution in [0, 0.1) is 0 Å². The van der Waals surface area contributed by atoms with Gasteiger partial charge in [-0.3, -0.25) is 9.59 Å². The van der Waals surface area contributed by atoms with E-state index in [1.807, 2.05) is 24.3 Å². The van der Waals surface area contributed by atoms with Crippen LogP contribution < -0.4 is 28.4 Å². The molecule has 39 heavy (non-hydrogen) atoms. The highest BCUT2D eigenvalue weighted by molar-refractivity contribution is 5.66. The molecule has 2 aromatic rings. The molecule has 2 unspecified atom stereocenters. The number of methoxy groups -OCH3 is 6. The van der Waals surface area contributed by atoms with Gasteiger partial charge in [-0.15, -0.1) is 0 Å². The van der Waals surface area contributed by atoms with E-state index in [9.17, 15) is 9.59 Å². The summed E-state index contributed by atoms with van der Waals surface area (Å²) in [5, 5.41) is 0. The number of rotatable bonds is 16. The maximum absolute atomic E-state index is 11.9. The second kappa shape index (κ2) is 15.6. The summed E-state index contributed by atoms with van der Waals surface area (Å²) in [6.45, 7) is 2.73. The lowest BCUT2D eigenvalue weighted by Gasteiger charge is -2.24. The highest BCUT2D eigenvalue weighted by Gasteiger charge is 2.23. The maximum atomic E-state index is 11.9. The van der Waals surface area contributed by atoms with Crippen molar-refractivity contribution in [3.8, 4) is 34.5 Å². The van der Waals surface area contributed by atoms with Crippen LogP contribution in [-0.2, 0) is 31.9 Å². The molecule has 2 aromatic carbocycles. The summed E-state index contributed by atoms with van der Waals surface area (Å²) in [6.07, 6.45) is 1.51. The first-order chi connectivity index (χ1) is 18.7. The average molecular weight is 549 g/mol. The Morgan fingerprint density at radius 3 is 1.10 bits per heavy atom. The zero-order valence-electron chi connectivity index (χ0n) is 24.1. The van der Waals surface area contributed by atoms with Gasteiger partial charge in [0.05, 0.1) is 42.7 Å². The largest absolute Gasteiger partial charge is 0.493 e. The van der Waals surface area contributed by atoms with Crippen molar-refractivity contribution in [3.63, 3.8) is 0 Å². The average Bonchev–Trinajstić information content (AvgIpc) is 2.92. The second-order valence-corrected chi connectivity index (χ2v) is 8.84. The normalized spacial score (nSPS) is 12.1. The Hall–Kier alpha value is -3.82. The summed E-state index contributed by atoms with van der Waals surface area (Å²) in [5.41, 5.74) is 1.84. The van der Waals surface area contributed by atoms with E-state index in [2.05, 4.69) is 0 Å². The van der Waals surface area contributed by atoms with Crippen LogP contribution >= 0.6 is 0 Å². The first-order valence-corrected chi connectivity index (χ1v) is 12.6. The number of benzene rings is 2. The molecular weight excluding hydrogens is 508 g/mol. The molecule has 0 radical (unpaired) electrons. The standard InChI is InChI=1S/C29H40O10/c1-18(30)38-22(11-9-20-13-24(32-3)28(36-7)25(14-20)33-4)17-23(39-19(2)31)12-10-21-15-26(34-5)29(37-8)27(16-21)35-6/h13-16,22-23H,9-12,17H2,1-8H3. The van der Waals surface area contributed by atoms with Crippen molar-refractivity contribution >= 4 is 11.9 Å². The minimum atomic E-state index is -0.481. The minimum absolute atomic E-state index is 0.341. The molecule has 0 aliphatic carbocycles. The second-order valence-electron chi connectivity index (χ2n) is 8.84. The predicted molar refractivity (Wildman–Crippen MR) is 145 cm³/mol. The highest BCUT2D eigenvalue weighted by Crippen LogP contribution is 2.40. The first kappa shape index (κ1) is 31.4. The summed E-state index contributed by atoms with van der Waals surface area (Å²) in [6, 6.07) is 7.45. The van der Waals surface area contributed by atoms with Gasteiger partial charge in [-0.05, 0) is 61.1 Å². The first-order valence-electron chi connectivity index (χ1n) is 12.6. The molecule has 2 rings (SSSR count). The molecule has 0 saturated heterocycles. The fourth-order valence-electron chi connectivity index (χ4n) is 4.43. The van der Waals surface area contributed by atoms with E-state index in [1.54, 1.807) is 42.7 Å². The van der Waals surface area contributed by atoms with E-state index >= 15 is 0 Å². The van der Waals surface area contributed by atoms with Crippen molar-refractivity contribution < 1.29 is 47.5 Å². The number of hydrogen-bond donors (Lipinski definition) is 0. The lowest BCUT2D eigenvalue weighted by atomic mass is 9.98. The fourth-order valence-corrected chi connectivity index (χ4v) is 4.43. The quantitative estimate of drug-likeness (QED) is 0.277. The van der Waals surface area contributed by atoms with Crippen LogP contribution in [0.25, 0.3) is 0 Å². The zero-order valence-corrected chi connectivity index (χ0v) is 24.1. The third kappa shape index (κ3) is 9.15. The highest BCUT2D eigenvalue weighted by atomic mass is 16.6. The summed E-state index contributed by atoms with van der Waals surface area (Å²) >= 11 is 0. The Labute approximate surface area is 230 Å². The van der Waals surface area contributed by atoms with Crippen molar-refractivity contribution in [1.82, 2.24) is 0 Å². The van der Waals surface area contributed by atoms with Crippen LogP contribution in [0.15, 0.2) is 24.3 Å². The number of ether oxygens (including phenoxy) is 8. The van der Waals surface area contributed by atoms with E-state index < -0.39 is 24.1 Å². The van der Waals surface area contributed by atoms with Crippen LogP contribution in [0.1, 0.15) is 44.2 Å². The molecule has 2 atom stereocenters. The molecule has 0 aliphatic rings. The Morgan fingerprint density at radius 1 is 0.564 bits per heavy atom. The SMILES string of the molecule is COc1cc(CCC(CC(CCc2cc(OC)c(OC)c(OC)c2)OC(C)=O)OC(C)=O)cc(OC)c1OC. The predicted octanol–water partition coefficient (Wildman–Crippen LogP) is 4.56. The topological polar surface area (TPSA) is 108 Å². The van der Waals surface area contributed by atoms with Crippen LogP contribution in [0.5, 0.6) is 34.5 Å². The summed E-state index contributed by atoms with van der Waals surface area (Å²) in [4.78, 5) is 23.8. The van der Waals surface area contributed by atoms with E-state index in [0.29, 0.717) is 66.6 Å². The van der Waals surface area contributed by atoms with Crippen molar-refractivity contribution in [1.29, 1.82) is 0 Å². The fraction of sp³-hybridized carbons (Fsp3) is 0.517. The van der Waals surface area contributed by atoms with Gasteiger partial charge in [0.2, 0.25) is 11.5 Å². The van der Waals surface area contributed by atoms with Gasteiger partial charge < -0.3 is 37.9 Å². The lowest BCUT2D eigenvalue weighted by molar-refractivity contribution is -0.153. The summed E-state index contributed by atoms with van der Waals surface area (Å²) in [5.74, 6) is 2.35. The third-order valence-electron chi connectivity index (χ3n) is 6.15. The summed E-state index contributed by atoms with van der Waals surface area (Å²) in [7, 11) is 9.32. The van der Waals surface area contributed by atoms with Crippen molar-refractivity contribution in [3.05, 3.63) is 35.4 Å². The van der Waals surface area contributed by atoms with Gasteiger partial charge in [-0.25, -0.2) is 0 Å². The van der Waals surface area contributed by atoms with Crippen LogP contribution in [-0.4, -0.2) is 66.8 Å². The van der Waals surface area contributed by atoms with Gasteiger partial charge in [-0.1, -0.05) is 0 Å². The number of hydrogen-bond acceptors (Lipinski definition) is 10. The van der Waals surface area contributed by atoms with E-state index in [4.69, 9.17) is 37.9 Å². The Kier molecular flexibility index (Phi) is 12.5. The van der Waals surface area contributed by atoms with Gasteiger partial charge >= 0.3 is 11.9 Å². The van der Waals surface area contributed by atoms with E-state index in [1.165, 1.54) is 13.8 Å². The van der Waals surface area contributed by atoms with Gasteiger partial charge in [0.15, 0.2) is 23.0 Å². The number of carbonyl (C=O) groups is 2. The molecule has 0 bridgehead atoms. The van der Waals surface area contributed by atoms with E-state index in [-0.39, 0.29) is 0 Å². The lowest BCUT2D eigenvalue weighted by Crippen LogP contribution is -2.27. The molecule has 0 heterocycles. The molecule has 0 aliphatic heterocycles. The maximum Gasteiger partial charge on any atom is 0.302 e. The summed E-state index contributed by atoms with van der Waals surface area (Å²) < 4.78 is 43.8. The Balaban J connectivity index is 2.21. The van der Waals surface area contributed by atoms with Crippen molar-refractivity contribution in [2.24, 2.45) is 0 Å². The van der Waals surface area contributed by atoms with Gasteiger partial charge in [-0.2, -0.15) is 0 Å². The van der Waals surface area contributed by atoms with Gasteiger partial charge in [0.25, 0.3) is 0 Å².